The molecule has 0 amide bonds. The van der Waals surface area contributed by atoms with Crippen LogP contribution in [-0.2, 0) is 5.41 Å². The van der Waals surface area contributed by atoms with E-state index in [4.69, 9.17) is 0 Å². The van der Waals surface area contributed by atoms with Crippen LogP contribution in [0.5, 0.6) is 0 Å². The van der Waals surface area contributed by atoms with Crippen molar-refractivity contribution < 1.29 is 4.39 Å². The largest absolute Gasteiger partial charge is 0.207 e. The van der Waals surface area contributed by atoms with Crippen LogP contribution < -0.4 is 0 Å². The minimum Gasteiger partial charge on any atom is -0.207 e. The van der Waals surface area contributed by atoms with Crippen LogP contribution in [0, 0.1) is 17.7 Å². The molecule has 0 aromatic heterocycles. The number of hydrogen-bond acceptors (Lipinski definition) is 0. The molecule has 1 heteroatoms. The highest BCUT2D eigenvalue weighted by Crippen LogP contribution is 2.51. The van der Waals surface area contributed by atoms with Crippen molar-refractivity contribution in [2.24, 2.45) is 11.8 Å². The minimum absolute atomic E-state index is 0.0417. The Labute approximate surface area is 135 Å². The summed E-state index contributed by atoms with van der Waals surface area (Å²) in [6.45, 7) is 2.30. The fraction of sp³-hybridized carbons (Fsp3) is 0.714. The maximum Gasteiger partial charge on any atom is 0.126 e. The van der Waals surface area contributed by atoms with E-state index in [0.717, 1.165) is 11.5 Å². The Morgan fingerprint density at radius 2 is 1.68 bits per heavy atom. The summed E-state index contributed by atoms with van der Waals surface area (Å²) < 4.78 is 14.6. The van der Waals surface area contributed by atoms with Gasteiger partial charge < -0.3 is 0 Å². The van der Waals surface area contributed by atoms with Crippen molar-refractivity contribution in [3.05, 3.63) is 35.6 Å². The molecule has 0 heterocycles. The second kappa shape index (κ2) is 7.15. The summed E-state index contributed by atoms with van der Waals surface area (Å²) in [4.78, 5) is 0. The van der Waals surface area contributed by atoms with Crippen molar-refractivity contribution in [3.8, 4) is 0 Å². The van der Waals surface area contributed by atoms with Crippen LogP contribution >= 0.6 is 0 Å². The van der Waals surface area contributed by atoms with Crippen molar-refractivity contribution >= 4 is 0 Å². The monoisotopic (exact) mass is 302 g/mol. The van der Waals surface area contributed by atoms with Gasteiger partial charge in [0.15, 0.2) is 0 Å². The molecule has 22 heavy (non-hydrogen) atoms. The Morgan fingerprint density at radius 3 is 2.32 bits per heavy atom. The molecule has 1 aromatic carbocycles. The minimum atomic E-state index is 0.0417. The summed E-state index contributed by atoms with van der Waals surface area (Å²) in [6, 6.07) is 7.64. The average Bonchev–Trinajstić information content (AvgIpc) is 2.57. The van der Waals surface area contributed by atoms with E-state index >= 15 is 0 Å². The van der Waals surface area contributed by atoms with Crippen LogP contribution in [0.25, 0.3) is 0 Å². The molecule has 2 fully saturated rings. The van der Waals surface area contributed by atoms with E-state index in [9.17, 15) is 4.39 Å². The highest BCUT2D eigenvalue weighted by Gasteiger charge is 2.43. The van der Waals surface area contributed by atoms with Gasteiger partial charge in [-0.05, 0) is 49.1 Å². The van der Waals surface area contributed by atoms with Gasteiger partial charge in [0.05, 0.1) is 0 Å². The van der Waals surface area contributed by atoms with Gasteiger partial charge in [0.2, 0.25) is 0 Å². The SMILES string of the molecule is CCC[C@H]1CC[C@H](C2(c3ccccc3F)CCCCC2)CC1. The molecule has 3 rings (SSSR count). The molecule has 122 valence electrons. The third-order valence-corrected chi connectivity index (χ3v) is 6.48. The molecule has 0 atom stereocenters. The Kier molecular flexibility index (Phi) is 5.21. The molecule has 0 saturated heterocycles. The average molecular weight is 302 g/mol. The Morgan fingerprint density at radius 1 is 1.00 bits per heavy atom. The van der Waals surface area contributed by atoms with Gasteiger partial charge in [-0.2, -0.15) is 0 Å². The van der Waals surface area contributed by atoms with Crippen LogP contribution in [0.15, 0.2) is 24.3 Å². The molecule has 0 aliphatic heterocycles. The van der Waals surface area contributed by atoms with E-state index < -0.39 is 0 Å². The maximum absolute atomic E-state index is 14.6. The fourth-order valence-corrected chi connectivity index (χ4v) is 5.36. The zero-order valence-corrected chi connectivity index (χ0v) is 14.1. The molecule has 2 saturated carbocycles. The van der Waals surface area contributed by atoms with Crippen LogP contribution in [0.1, 0.15) is 83.1 Å². The van der Waals surface area contributed by atoms with E-state index in [2.05, 4.69) is 13.0 Å². The van der Waals surface area contributed by atoms with Gasteiger partial charge in [-0.1, -0.05) is 70.1 Å². The summed E-state index contributed by atoms with van der Waals surface area (Å²) in [5.41, 5.74) is 1.18. The Bertz CT molecular complexity index is 465. The summed E-state index contributed by atoms with van der Waals surface area (Å²) in [7, 11) is 0. The molecule has 0 bridgehead atoms. The second-order valence-electron chi connectivity index (χ2n) is 7.70. The van der Waals surface area contributed by atoms with Crippen molar-refractivity contribution in [3.63, 3.8) is 0 Å². The smallest absolute Gasteiger partial charge is 0.126 e. The predicted molar refractivity (Wildman–Crippen MR) is 91.5 cm³/mol. The lowest BCUT2D eigenvalue weighted by atomic mass is 9.57. The topological polar surface area (TPSA) is 0 Å². The van der Waals surface area contributed by atoms with Crippen molar-refractivity contribution in [2.75, 3.05) is 0 Å². The first-order valence-electron chi connectivity index (χ1n) is 9.51. The summed E-state index contributed by atoms with van der Waals surface area (Å²) >= 11 is 0. The number of hydrogen-bond donors (Lipinski definition) is 0. The Hall–Kier alpha value is -0.850. The van der Waals surface area contributed by atoms with E-state index in [1.165, 1.54) is 70.6 Å². The molecule has 1 aromatic rings. The van der Waals surface area contributed by atoms with E-state index in [-0.39, 0.29) is 11.2 Å². The molecule has 0 spiro atoms. The van der Waals surface area contributed by atoms with Crippen LogP contribution in [0.4, 0.5) is 4.39 Å². The van der Waals surface area contributed by atoms with E-state index in [1.54, 1.807) is 6.07 Å². The highest BCUT2D eigenvalue weighted by atomic mass is 19.1. The summed E-state index contributed by atoms with van der Waals surface area (Å²) in [5.74, 6) is 1.68. The van der Waals surface area contributed by atoms with Gasteiger partial charge in [0.25, 0.3) is 0 Å². The molecule has 2 aliphatic carbocycles. The summed E-state index contributed by atoms with van der Waals surface area (Å²) in [5, 5.41) is 0. The molecular weight excluding hydrogens is 271 g/mol. The van der Waals surface area contributed by atoms with Crippen LogP contribution in [-0.4, -0.2) is 0 Å². The van der Waals surface area contributed by atoms with Crippen LogP contribution in [0.2, 0.25) is 0 Å². The lowest BCUT2D eigenvalue weighted by Crippen LogP contribution is -2.40. The van der Waals surface area contributed by atoms with Gasteiger partial charge in [0.1, 0.15) is 5.82 Å². The molecule has 0 N–H and O–H groups in total. The van der Waals surface area contributed by atoms with Crippen molar-refractivity contribution in [1.82, 2.24) is 0 Å². The maximum atomic E-state index is 14.6. The highest BCUT2D eigenvalue weighted by molar-refractivity contribution is 5.29. The first kappa shape index (κ1) is 16.0. The zero-order chi connectivity index (χ0) is 15.4. The van der Waals surface area contributed by atoms with Crippen LogP contribution in [0.3, 0.4) is 0 Å². The molecule has 0 radical (unpaired) electrons. The van der Waals surface area contributed by atoms with Gasteiger partial charge in [-0.3, -0.25) is 0 Å². The predicted octanol–water partition coefficient (Wildman–Crippen LogP) is 6.63. The van der Waals surface area contributed by atoms with Crippen molar-refractivity contribution in [1.29, 1.82) is 0 Å². The third-order valence-electron chi connectivity index (χ3n) is 6.48. The standard InChI is InChI=1S/C21H31F/c1-2-8-17-11-13-18(14-12-17)21(15-6-3-7-16-21)19-9-4-5-10-20(19)22/h4-5,9-10,17-18H,2-3,6-8,11-16H2,1H3/t17-,18-. The Balaban J connectivity index is 1.83. The number of benzene rings is 1. The lowest BCUT2D eigenvalue weighted by molar-refractivity contribution is 0.121. The fourth-order valence-electron chi connectivity index (χ4n) is 5.36. The van der Waals surface area contributed by atoms with E-state index in [1.807, 2.05) is 12.1 Å². The molecular formula is C21H31F. The van der Waals surface area contributed by atoms with E-state index in [0.29, 0.717) is 5.92 Å². The molecule has 0 nitrogen and oxygen atoms in total. The first-order valence-corrected chi connectivity index (χ1v) is 9.51. The first-order chi connectivity index (χ1) is 10.8. The lowest BCUT2D eigenvalue weighted by Gasteiger charge is -2.47. The normalized spacial score (nSPS) is 28.5. The third kappa shape index (κ3) is 3.09. The zero-order valence-electron chi connectivity index (χ0n) is 14.1. The van der Waals surface area contributed by atoms with Crippen molar-refractivity contribution in [2.45, 2.75) is 83.0 Å². The molecule has 0 unspecified atom stereocenters. The number of halogens is 1. The van der Waals surface area contributed by atoms with Gasteiger partial charge in [-0.25, -0.2) is 4.39 Å². The second-order valence-corrected chi connectivity index (χ2v) is 7.70. The van der Waals surface area contributed by atoms with Gasteiger partial charge in [0, 0.05) is 5.41 Å². The number of rotatable bonds is 4. The molecule has 2 aliphatic rings. The summed E-state index contributed by atoms with van der Waals surface area (Å²) in [6.07, 6.45) is 14.4. The van der Waals surface area contributed by atoms with Gasteiger partial charge in [-0.15, -0.1) is 0 Å². The quantitative estimate of drug-likeness (QED) is 0.585. The van der Waals surface area contributed by atoms with Gasteiger partial charge >= 0.3 is 0 Å².